The van der Waals surface area contributed by atoms with Crippen LogP contribution in [0.25, 0.3) is 0 Å². The number of nitrogens with one attached hydrogen (secondary N) is 1. The summed E-state index contributed by atoms with van der Waals surface area (Å²) in [6.45, 7) is 2.60. The molecule has 0 aromatic carbocycles. The highest BCUT2D eigenvalue weighted by atomic mass is 19.4. The van der Waals surface area contributed by atoms with Gasteiger partial charge in [0.15, 0.2) is 0 Å². The molecule has 6 heteroatoms. The molecule has 0 aliphatic carbocycles. The number of rotatable bonds is 3. The SMILES string of the molecule is CC(C)C(NC(F)(F)F)C(F)F. The van der Waals surface area contributed by atoms with Gasteiger partial charge in [-0.15, -0.1) is 0 Å². The maximum atomic E-state index is 11.9. The third-order valence-electron chi connectivity index (χ3n) is 1.32. The lowest BCUT2D eigenvalue weighted by atomic mass is 10.1. The van der Waals surface area contributed by atoms with E-state index in [2.05, 4.69) is 0 Å². The molecule has 0 saturated carbocycles. The Labute approximate surface area is 66.9 Å². The topological polar surface area (TPSA) is 12.0 Å². The van der Waals surface area contributed by atoms with Crippen LogP contribution in [-0.2, 0) is 0 Å². The van der Waals surface area contributed by atoms with E-state index in [0.29, 0.717) is 0 Å². The van der Waals surface area contributed by atoms with Crippen molar-refractivity contribution in [3.63, 3.8) is 0 Å². The molecule has 74 valence electrons. The summed E-state index contributed by atoms with van der Waals surface area (Å²) < 4.78 is 58.6. The average Bonchev–Trinajstić information content (AvgIpc) is 1.79. The van der Waals surface area contributed by atoms with Crippen LogP contribution in [0.3, 0.4) is 0 Å². The Bertz CT molecular complexity index is 122. The summed E-state index contributed by atoms with van der Waals surface area (Å²) >= 11 is 0. The van der Waals surface area contributed by atoms with Gasteiger partial charge in [-0.05, 0) is 5.92 Å². The molecule has 0 amide bonds. The summed E-state index contributed by atoms with van der Waals surface area (Å²) in [6.07, 6.45) is -7.75. The van der Waals surface area contributed by atoms with Crippen LogP contribution in [0.4, 0.5) is 22.0 Å². The average molecular weight is 191 g/mol. The Balaban J connectivity index is 4.15. The number of alkyl halides is 5. The minimum Gasteiger partial charge on any atom is -0.219 e. The lowest BCUT2D eigenvalue weighted by Gasteiger charge is -2.22. The second-order valence-electron chi connectivity index (χ2n) is 2.75. The van der Waals surface area contributed by atoms with Gasteiger partial charge in [0.2, 0.25) is 0 Å². The lowest BCUT2D eigenvalue weighted by Crippen LogP contribution is -2.47. The van der Waals surface area contributed by atoms with Crippen molar-refractivity contribution in [2.75, 3.05) is 0 Å². The lowest BCUT2D eigenvalue weighted by molar-refractivity contribution is -0.176. The highest BCUT2D eigenvalue weighted by molar-refractivity contribution is 4.73. The molecule has 0 spiro atoms. The van der Waals surface area contributed by atoms with Crippen molar-refractivity contribution in [1.82, 2.24) is 5.32 Å². The van der Waals surface area contributed by atoms with Crippen LogP contribution >= 0.6 is 0 Å². The molecule has 1 atom stereocenters. The Hall–Kier alpha value is -0.390. The van der Waals surface area contributed by atoms with Crippen molar-refractivity contribution in [2.45, 2.75) is 32.6 Å². The Kier molecular flexibility index (Phi) is 3.89. The van der Waals surface area contributed by atoms with Crippen molar-refractivity contribution in [1.29, 1.82) is 0 Å². The quantitative estimate of drug-likeness (QED) is 0.533. The third kappa shape index (κ3) is 4.48. The summed E-state index contributed by atoms with van der Waals surface area (Å²) in [5.74, 6) is -0.758. The molecule has 0 heterocycles. The van der Waals surface area contributed by atoms with E-state index in [1.54, 1.807) is 0 Å². The van der Waals surface area contributed by atoms with Crippen molar-refractivity contribution in [3.05, 3.63) is 0 Å². The van der Waals surface area contributed by atoms with E-state index in [4.69, 9.17) is 0 Å². The van der Waals surface area contributed by atoms with Gasteiger partial charge in [0.1, 0.15) is 0 Å². The van der Waals surface area contributed by atoms with Crippen LogP contribution < -0.4 is 5.32 Å². The number of hydrogen-bond acceptors (Lipinski definition) is 1. The molecular weight excluding hydrogens is 181 g/mol. The molecule has 0 saturated heterocycles. The van der Waals surface area contributed by atoms with E-state index < -0.39 is 24.7 Å². The third-order valence-corrected chi connectivity index (χ3v) is 1.32. The van der Waals surface area contributed by atoms with Crippen molar-refractivity contribution in [2.24, 2.45) is 5.92 Å². The van der Waals surface area contributed by atoms with Crippen LogP contribution in [-0.4, -0.2) is 18.8 Å². The van der Waals surface area contributed by atoms with Crippen LogP contribution in [0.1, 0.15) is 13.8 Å². The normalized spacial score (nSPS) is 15.8. The minimum absolute atomic E-state index is 0.758. The van der Waals surface area contributed by atoms with E-state index in [9.17, 15) is 22.0 Å². The minimum atomic E-state index is -4.74. The molecule has 0 radical (unpaired) electrons. The molecule has 0 fully saturated rings. The van der Waals surface area contributed by atoms with Crippen LogP contribution in [0.2, 0.25) is 0 Å². The van der Waals surface area contributed by atoms with Gasteiger partial charge >= 0.3 is 6.30 Å². The van der Waals surface area contributed by atoms with Gasteiger partial charge in [-0.25, -0.2) is 14.1 Å². The van der Waals surface area contributed by atoms with Crippen molar-refractivity contribution in [3.8, 4) is 0 Å². The van der Waals surface area contributed by atoms with Gasteiger partial charge in [-0.2, -0.15) is 13.2 Å². The van der Waals surface area contributed by atoms with E-state index in [1.807, 2.05) is 0 Å². The summed E-state index contributed by atoms with van der Waals surface area (Å²) in [5, 5.41) is 0.905. The zero-order valence-electron chi connectivity index (χ0n) is 6.62. The predicted molar refractivity (Wildman–Crippen MR) is 33.8 cm³/mol. The van der Waals surface area contributed by atoms with Crippen LogP contribution in [0.5, 0.6) is 0 Å². The molecule has 0 aliphatic rings. The van der Waals surface area contributed by atoms with Gasteiger partial charge in [-0.1, -0.05) is 13.8 Å². The summed E-state index contributed by atoms with van der Waals surface area (Å²) in [6, 6.07) is -1.83. The second-order valence-corrected chi connectivity index (χ2v) is 2.75. The van der Waals surface area contributed by atoms with Gasteiger partial charge in [0.05, 0.1) is 6.04 Å². The van der Waals surface area contributed by atoms with Crippen molar-refractivity contribution >= 4 is 0 Å². The van der Waals surface area contributed by atoms with Crippen LogP contribution in [0, 0.1) is 5.92 Å². The molecule has 0 aromatic heterocycles. The Morgan fingerprint density at radius 2 is 1.50 bits per heavy atom. The predicted octanol–water partition coefficient (Wildman–Crippen LogP) is 2.39. The van der Waals surface area contributed by atoms with E-state index in [1.165, 1.54) is 13.8 Å². The first kappa shape index (κ1) is 11.6. The first-order valence-electron chi connectivity index (χ1n) is 3.36. The van der Waals surface area contributed by atoms with Crippen molar-refractivity contribution < 1.29 is 22.0 Å². The number of hydrogen-bond donors (Lipinski definition) is 1. The largest absolute Gasteiger partial charge is 0.457 e. The Morgan fingerprint density at radius 3 is 1.58 bits per heavy atom. The van der Waals surface area contributed by atoms with E-state index in [-0.39, 0.29) is 0 Å². The maximum Gasteiger partial charge on any atom is 0.457 e. The summed E-state index contributed by atoms with van der Waals surface area (Å²) in [5.41, 5.74) is 0. The molecule has 0 bridgehead atoms. The first-order chi connectivity index (χ1) is 5.24. The molecule has 1 N–H and O–H groups in total. The monoisotopic (exact) mass is 191 g/mol. The fourth-order valence-corrected chi connectivity index (χ4v) is 0.710. The first-order valence-corrected chi connectivity index (χ1v) is 3.36. The molecule has 0 aliphatic heterocycles. The molecule has 0 rings (SSSR count). The van der Waals surface area contributed by atoms with Gasteiger partial charge in [-0.3, -0.25) is 0 Å². The smallest absolute Gasteiger partial charge is 0.219 e. The molecule has 12 heavy (non-hydrogen) atoms. The molecule has 1 unspecified atom stereocenters. The molecular formula is C6H10F5N. The Morgan fingerprint density at radius 1 is 1.08 bits per heavy atom. The van der Waals surface area contributed by atoms with Gasteiger partial charge < -0.3 is 0 Å². The zero-order chi connectivity index (χ0) is 9.94. The van der Waals surface area contributed by atoms with Gasteiger partial charge in [0.25, 0.3) is 6.43 Å². The highest BCUT2D eigenvalue weighted by Crippen LogP contribution is 2.18. The standard InChI is InChI=1S/C6H10F5N/c1-3(2)4(5(7)8)12-6(9,10)11/h3-5,12H,1-2H3. The molecule has 1 nitrogen and oxygen atoms in total. The fraction of sp³-hybridized carbons (Fsp3) is 1.00. The van der Waals surface area contributed by atoms with E-state index in [0.717, 1.165) is 5.32 Å². The summed E-state index contributed by atoms with van der Waals surface area (Å²) in [4.78, 5) is 0. The maximum absolute atomic E-state index is 11.9. The second kappa shape index (κ2) is 4.02. The highest BCUT2D eigenvalue weighted by Gasteiger charge is 2.36. The van der Waals surface area contributed by atoms with Crippen LogP contribution in [0.15, 0.2) is 0 Å². The fourth-order valence-electron chi connectivity index (χ4n) is 0.710. The zero-order valence-corrected chi connectivity index (χ0v) is 6.62. The summed E-state index contributed by atoms with van der Waals surface area (Å²) in [7, 11) is 0. The molecule has 0 aromatic rings. The number of halogens is 5. The van der Waals surface area contributed by atoms with E-state index >= 15 is 0 Å². The van der Waals surface area contributed by atoms with Gasteiger partial charge in [0, 0.05) is 0 Å².